The summed E-state index contributed by atoms with van der Waals surface area (Å²) in [4.78, 5) is 12.0. The number of alkyl carbamates (subject to hydrolysis) is 1. The van der Waals surface area contributed by atoms with Gasteiger partial charge in [-0.1, -0.05) is 6.08 Å². The van der Waals surface area contributed by atoms with Crippen LogP contribution < -0.4 is 5.32 Å². The number of hydrogen-bond acceptors (Lipinski definition) is 4. The van der Waals surface area contributed by atoms with Gasteiger partial charge in [0.15, 0.2) is 23.3 Å². The average Bonchev–Trinajstić information content (AvgIpc) is 2.83. The van der Waals surface area contributed by atoms with E-state index < -0.39 is 71.2 Å². The first-order valence-corrected chi connectivity index (χ1v) is 9.51. The summed E-state index contributed by atoms with van der Waals surface area (Å²) in [6.07, 6.45) is -0.136. The molecule has 1 fully saturated rings. The Kier molecular flexibility index (Phi) is 6.83. The zero-order chi connectivity index (χ0) is 23.9. The normalized spacial score (nSPS) is 18.3. The third-order valence-electron chi connectivity index (χ3n) is 4.97. The van der Waals surface area contributed by atoms with Gasteiger partial charge in [0, 0.05) is 6.54 Å². The number of halogens is 5. The summed E-state index contributed by atoms with van der Waals surface area (Å²) in [6, 6.07) is 0. The fourth-order valence-corrected chi connectivity index (χ4v) is 2.62. The number of carbonyl (C=O) groups is 1. The molecule has 1 heterocycles. The van der Waals surface area contributed by atoms with Gasteiger partial charge in [-0.2, -0.15) is 0 Å². The van der Waals surface area contributed by atoms with Gasteiger partial charge in [0.25, 0.3) is 0 Å². The molecule has 1 aromatic carbocycles. The Balaban J connectivity index is 2.48. The van der Waals surface area contributed by atoms with Crippen molar-refractivity contribution in [3.63, 3.8) is 0 Å². The van der Waals surface area contributed by atoms with E-state index in [2.05, 4.69) is 5.32 Å². The summed E-state index contributed by atoms with van der Waals surface area (Å²) >= 11 is 0. The van der Waals surface area contributed by atoms with Gasteiger partial charge in [-0.05, 0) is 53.9 Å². The molecule has 1 aliphatic heterocycles. The van der Waals surface area contributed by atoms with Crippen molar-refractivity contribution in [3.05, 3.63) is 40.1 Å². The Bertz CT molecular complexity index is 867. The summed E-state index contributed by atoms with van der Waals surface area (Å²) in [6.45, 7) is 11.3. The summed E-state index contributed by atoms with van der Waals surface area (Å²) in [5.41, 5.74) is -3.79. The maximum atomic E-state index is 14.2. The number of rotatable bonds is 4. The molecule has 1 aromatic rings. The molecule has 172 valence electrons. The van der Waals surface area contributed by atoms with E-state index in [9.17, 15) is 26.7 Å². The Morgan fingerprint density at radius 2 is 1.35 bits per heavy atom. The molecule has 1 amide bonds. The lowest BCUT2D eigenvalue weighted by Crippen LogP contribution is -2.41. The van der Waals surface area contributed by atoms with E-state index in [1.165, 1.54) is 0 Å². The number of nitrogens with one attached hydrogen (secondary N) is 1. The summed E-state index contributed by atoms with van der Waals surface area (Å²) in [5, 5.41) is 2.37. The molecule has 1 aliphatic rings. The number of carbonyl (C=O) groups excluding carboxylic acids is 1. The maximum absolute atomic E-state index is 14.2. The van der Waals surface area contributed by atoms with Crippen LogP contribution in [0.3, 0.4) is 0 Å². The van der Waals surface area contributed by atoms with Crippen LogP contribution in [0.15, 0.2) is 5.47 Å². The monoisotopic (exact) mass is 449 g/mol. The molecule has 0 radical (unpaired) electrons. The summed E-state index contributed by atoms with van der Waals surface area (Å²) in [5.74, 6) is -10.5. The van der Waals surface area contributed by atoms with Gasteiger partial charge in [0.05, 0.1) is 16.8 Å². The van der Waals surface area contributed by atoms with Gasteiger partial charge in [-0.15, -0.1) is 0 Å². The third kappa shape index (κ3) is 5.38. The highest BCUT2D eigenvalue weighted by Gasteiger charge is 2.52. The average molecular weight is 449 g/mol. The molecule has 31 heavy (non-hydrogen) atoms. The number of amides is 1. The fraction of sp³-hybridized carbons (Fsp3) is 0.550. The molecule has 0 spiro atoms. The molecule has 2 rings (SSSR count). The molecule has 0 aromatic heterocycles. The van der Waals surface area contributed by atoms with Crippen LogP contribution in [-0.2, 0) is 14.0 Å². The van der Waals surface area contributed by atoms with Gasteiger partial charge in [-0.3, -0.25) is 0 Å². The lowest BCUT2D eigenvalue weighted by molar-refractivity contribution is 0.00578. The first-order valence-electron chi connectivity index (χ1n) is 9.51. The molecule has 0 bridgehead atoms. The highest BCUT2D eigenvalue weighted by molar-refractivity contribution is 6.56. The SMILES string of the molecule is CC(C)(C)OC(=O)NCC(=Cc1c(F)c(F)c(F)c(F)c1F)B1OC(C)(C)C(C)(C)O1. The number of ether oxygens (including phenoxy) is 1. The Hall–Kier alpha value is -2.14. The molecule has 0 atom stereocenters. The van der Waals surface area contributed by atoms with Gasteiger partial charge >= 0.3 is 13.2 Å². The molecule has 0 aliphatic carbocycles. The van der Waals surface area contributed by atoms with Crippen LogP contribution in [0.25, 0.3) is 6.08 Å². The Morgan fingerprint density at radius 1 is 0.935 bits per heavy atom. The van der Waals surface area contributed by atoms with Gasteiger partial charge in [-0.25, -0.2) is 26.7 Å². The predicted octanol–water partition coefficient (Wildman–Crippen LogP) is 4.92. The summed E-state index contributed by atoms with van der Waals surface area (Å²) < 4.78 is 85.8. The van der Waals surface area contributed by atoms with Crippen molar-refractivity contribution in [2.24, 2.45) is 0 Å². The minimum atomic E-state index is -2.27. The Morgan fingerprint density at radius 3 is 1.77 bits per heavy atom. The highest BCUT2D eigenvalue weighted by atomic mass is 19.2. The predicted molar refractivity (Wildman–Crippen MR) is 105 cm³/mol. The second-order valence-corrected chi connectivity index (χ2v) is 9.15. The second kappa shape index (κ2) is 8.42. The van der Waals surface area contributed by atoms with E-state index >= 15 is 0 Å². The molecule has 0 unspecified atom stereocenters. The lowest BCUT2D eigenvalue weighted by Gasteiger charge is -2.32. The molecule has 1 saturated heterocycles. The molecule has 1 N–H and O–H groups in total. The minimum Gasteiger partial charge on any atom is -0.444 e. The van der Waals surface area contributed by atoms with Crippen molar-refractivity contribution in [2.75, 3.05) is 6.54 Å². The van der Waals surface area contributed by atoms with Gasteiger partial charge in [0.2, 0.25) is 5.82 Å². The van der Waals surface area contributed by atoms with E-state index in [-0.39, 0.29) is 5.47 Å². The zero-order valence-electron chi connectivity index (χ0n) is 18.4. The van der Waals surface area contributed by atoms with Crippen LogP contribution in [0.5, 0.6) is 0 Å². The smallest absolute Gasteiger partial charge is 0.444 e. The lowest BCUT2D eigenvalue weighted by atomic mass is 9.77. The van der Waals surface area contributed by atoms with Crippen molar-refractivity contribution in [2.45, 2.75) is 65.3 Å². The van der Waals surface area contributed by atoms with Crippen molar-refractivity contribution >= 4 is 19.3 Å². The summed E-state index contributed by atoms with van der Waals surface area (Å²) in [7, 11) is -1.23. The first-order chi connectivity index (χ1) is 14.0. The number of benzene rings is 1. The van der Waals surface area contributed by atoms with E-state index in [4.69, 9.17) is 14.0 Å². The Labute approximate surface area is 178 Å². The van der Waals surface area contributed by atoms with Crippen molar-refractivity contribution in [1.29, 1.82) is 0 Å². The quantitative estimate of drug-likeness (QED) is 0.307. The standard InChI is InChI=1S/C20H25BF5NO4/c1-18(2,3)29-17(28)27-9-10(21-30-19(4,5)20(6,7)31-21)8-11-12(22)14(24)16(26)15(25)13(11)23/h8H,9H2,1-7H3,(H,27,28). The van der Waals surface area contributed by atoms with E-state index in [1.54, 1.807) is 48.5 Å². The van der Waals surface area contributed by atoms with Crippen molar-refractivity contribution in [1.82, 2.24) is 5.32 Å². The molecular weight excluding hydrogens is 424 g/mol. The van der Waals surface area contributed by atoms with Crippen molar-refractivity contribution in [3.8, 4) is 0 Å². The minimum absolute atomic E-state index is 0.0762. The largest absolute Gasteiger partial charge is 0.492 e. The van der Waals surface area contributed by atoms with Crippen LogP contribution in [0, 0.1) is 29.1 Å². The maximum Gasteiger partial charge on any atom is 0.492 e. The van der Waals surface area contributed by atoms with Crippen LogP contribution >= 0.6 is 0 Å². The van der Waals surface area contributed by atoms with Gasteiger partial charge in [0.1, 0.15) is 5.60 Å². The fourth-order valence-electron chi connectivity index (χ4n) is 2.62. The van der Waals surface area contributed by atoms with Gasteiger partial charge < -0.3 is 19.4 Å². The highest BCUT2D eigenvalue weighted by Crippen LogP contribution is 2.39. The van der Waals surface area contributed by atoms with Crippen LogP contribution in [0.4, 0.5) is 26.7 Å². The molecule has 11 heteroatoms. The van der Waals surface area contributed by atoms with Crippen molar-refractivity contribution < 1.29 is 40.8 Å². The van der Waals surface area contributed by atoms with Crippen LogP contribution in [-0.4, -0.2) is 36.6 Å². The van der Waals surface area contributed by atoms with Crippen LogP contribution in [0.2, 0.25) is 0 Å². The molecular formula is C20H25BF5NO4. The first kappa shape index (κ1) is 25.1. The zero-order valence-corrected chi connectivity index (χ0v) is 18.4. The van der Waals surface area contributed by atoms with Crippen LogP contribution in [0.1, 0.15) is 54.0 Å². The molecule has 5 nitrogen and oxygen atoms in total. The second-order valence-electron chi connectivity index (χ2n) is 9.15. The van der Waals surface area contributed by atoms with E-state index in [0.717, 1.165) is 6.08 Å². The third-order valence-corrected chi connectivity index (χ3v) is 4.97. The number of hydrogen-bond donors (Lipinski definition) is 1. The topological polar surface area (TPSA) is 56.8 Å². The molecule has 0 saturated carbocycles. The van der Waals surface area contributed by atoms with E-state index in [1.807, 2.05) is 0 Å². The van der Waals surface area contributed by atoms with E-state index in [0.29, 0.717) is 0 Å².